The molecule has 1 heterocycles. The van der Waals surface area contributed by atoms with E-state index in [2.05, 4.69) is 10.3 Å². The third-order valence-corrected chi connectivity index (χ3v) is 6.74. The molecule has 0 saturated carbocycles. The highest BCUT2D eigenvalue weighted by Crippen LogP contribution is 2.34. The molecule has 0 fully saturated rings. The first-order chi connectivity index (χ1) is 13.9. The van der Waals surface area contributed by atoms with Crippen LogP contribution in [0.2, 0.25) is 5.02 Å². The second-order valence-electron chi connectivity index (χ2n) is 6.81. The van der Waals surface area contributed by atoms with Crippen molar-refractivity contribution < 1.29 is 8.42 Å². The highest BCUT2D eigenvalue weighted by atomic mass is 35.5. The predicted octanol–water partition coefficient (Wildman–Crippen LogP) is 5.64. The zero-order valence-electron chi connectivity index (χ0n) is 15.8. The number of hydrogen-bond acceptors (Lipinski definition) is 4. The van der Waals surface area contributed by atoms with Crippen LogP contribution in [0.25, 0.3) is 10.9 Å². The molecule has 4 rings (SSSR count). The van der Waals surface area contributed by atoms with Crippen LogP contribution in [0.4, 0.5) is 5.69 Å². The molecule has 0 atom stereocenters. The van der Waals surface area contributed by atoms with Gasteiger partial charge in [-0.3, -0.25) is 4.98 Å². The van der Waals surface area contributed by atoms with Crippen molar-refractivity contribution >= 4 is 38.0 Å². The van der Waals surface area contributed by atoms with Crippen LogP contribution in [-0.4, -0.2) is 13.4 Å². The Labute approximate surface area is 175 Å². The second kappa shape index (κ2) is 7.85. The number of pyridine rings is 1. The lowest BCUT2D eigenvalue weighted by atomic mass is 10.1. The number of halogens is 1. The molecule has 4 aromatic rings. The summed E-state index contributed by atoms with van der Waals surface area (Å²) in [6.45, 7) is 2.39. The van der Waals surface area contributed by atoms with Crippen molar-refractivity contribution in [3.05, 3.63) is 95.1 Å². The average molecular weight is 423 g/mol. The van der Waals surface area contributed by atoms with Crippen LogP contribution < -0.4 is 5.32 Å². The van der Waals surface area contributed by atoms with Crippen molar-refractivity contribution in [1.29, 1.82) is 0 Å². The van der Waals surface area contributed by atoms with Gasteiger partial charge in [0.05, 0.1) is 16.1 Å². The summed E-state index contributed by atoms with van der Waals surface area (Å²) < 4.78 is 26.8. The van der Waals surface area contributed by atoms with Crippen LogP contribution in [0, 0.1) is 6.92 Å². The topological polar surface area (TPSA) is 59.1 Å². The van der Waals surface area contributed by atoms with Crippen LogP contribution in [0.1, 0.15) is 11.1 Å². The van der Waals surface area contributed by atoms with E-state index < -0.39 is 9.84 Å². The standard InChI is InChI=1S/C23H19ClN2O2S/c1-16-7-10-19(11-8-16)29(27,28)22-15-25-21-12-9-18(24)13-20(21)23(22)26-14-17-5-3-2-4-6-17/h2-13,15H,14H2,1H3,(H,25,26). The van der Waals surface area contributed by atoms with Gasteiger partial charge in [-0.15, -0.1) is 0 Å². The molecule has 1 aromatic heterocycles. The van der Waals surface area contributed by atoms with Crippen molar-refractivity contribution in [2.75, 3.05) is 5.32 Å². The predicted molar refractivity (Wildman–Crippen MR) is 117 cm³/mol. The van der Waals surface area contributed by atoms with E-state index in [0.29, 0.717) is 28.2 Å². The van der Waals surface area contributed by atoms with Gasteiger partial charge < -0.3 is 5.32 Å². The van der Waals surface area contributed by atoms with Gasteiger partial charge >= 0.3 is 0 Å². The molecule has 4 nitrogen and oxygen atoms in total. The molecule has 0 unspecified atom stereocenters. The molecule has 0 spiro atoms. The lowest BCUT2D eigenvalue weighted by molar-refractivity contribution is 0.596. The molecule has 0 amide bonds. The van der Waals surface area contributed by atoms with Gasteiger partial charge in [0.25, 0.3) is 0 Å². The number of sulfone groups is 1. The van der Waals surface area contributed by atoms with E-state index in [4.69, 9.17) is 11.6 Å². The molecular formula is C23H19ClN2O2S. The van der Waals surface area contributed by atoms with Gasteiger partial charge in [0, 0.05) is 23.2 Å². The third kappa shape index (κ3) is 3.97. The van der Waals surface area contributed by atoms with Gasteiger partial charge in [-0.05, 0) is 42.8 Å². The lowest BCUT2D eigenvalue weighted by Gasteiger charge is -2.16. The molecule has 6 heteroatoms. The van der Waals surface area contributed by atoms with Gasteiger partial charge in [-0.2, -0.15) is 0 Å². The number of benzene rings is 3. The highest BCUT2D eigenvalue weighted by Gasteiger charge is 2.24. The van der Waals surface area contributed by atoms with Crippen molar-refractivity contribution in [1.82, 2.24) is 4.98 Å². The molecule has 146 valence electrons. The maximum atomic E-state index is 13.4. The van der Waals surface area contributed by atoms with E-state index in [1.54, 1.807) is 42.5 Å². The molecular weight excluding hydrogens is 404 g/mol. The number of nitrogens with one attached hydrogen (secondary N) is 1. The number of aryl methyl sites for hydroxylation is 1. The molecule has 0 radical (unpaired) electrons. The zero-order chi connectivity index (χ0) is 20.4. The maximum Gasteiger partial charge on any atom is 0.210 e. The summed E-state index contributed by atoms with van der Waals surface area (Å²) in [5, 5.41) is 4.50. The fraction of sp³-hybridized carbons (Fsp3) is 0.0870. The Morgan fingerprint density at radius 3 is 2.41 bits per heavy atom. The summed E-state index contributed by atoms with van der Waals surface area (Å²) in [6, 6.07) is 21.9. The third-order valence-electron chi connectivity index (χ3n) is 4.73. The van der Waals surface area contributed by atoms with Crippen molar-refractivity contribution in [2.24, 2.45) is 0 Å². The second-order valence-corrected chi connectivity index (χ2v) is 9.17. The van der Waals surface area contributed by atoms with Crippen LogP contribution in [0.5, 0.6) is 0 Å². The average Bonchev–Trinajstić information content (AvgIpc) is 2.73. The van der Waals surface area contributed by atoms with Crippen LogP contribution >= 0.6 is 11.6 Å². The number of anilines is 1. The molecule has 0 aliphatic heterocycles. The smallest absolute Gasteiger partial charge is 0.210 e. The maximum absolute atomic E-state index is 13.4. The molecule has 29 heavy (non-hydrogen) atoms. The van der Waals surface area contributed by atoms with E-state index in [1.165, 1.54) is 6.20 Å². The summed E-state index contributed by atoms with van der Waals surface area (Å²) >= 11 is 6.20. The molecule has 0 aliphatic carbocycles. The van der Waals surface area contributed by atoms with Crippen LogP contribution in [0.3, 0.4) is 0 Å². The SMILES string of the molecule is Cc1ccc(S(=O)(=O)c2cnc3ccc(Cl)cc3c2NCc2ccccc2)cc1. The number of nitrogens with zero attached hydrogens (tertiary/aromatic N) is 1. The van der Waals surface area contributed by atoms with E-state index >= 15 is 0 Å². The Hall–Kier alpha value is -2.89. The molecule has 0 bridgehead atoms. The first-order valence-electron chi connectivity index (χ1n) is 9.13. The normalized spacial score (nSPS) is 11.5. The van der Waals surface area contributed by atoms with Crippen molar-refractivity contribution in [2.45, 2.75) is 23.3 Å². The summed E-state index contributed by atoms with van der Waals surface area (Å²) in [5.41, 5.74) is 3.21. The minimum Gasteiger partial charge on any atom is -0.379 e. The fourth-order valence-electron chi connectivity index (χ4n) is 3.16. The number of rotatable bonds is 5. The van der Waals surface area contributed by atoms with Gasteiger partial charge in [0.2, 0.25) is 9.84 Å². The lowest BCUT2D eigenvalue weighted by Crippen LogP contribution is -2.09. The monoisotopic (exact) mass is 422 g/mol. The minimum atomic E-state index is -3.76. The summed E-state index contributed by atoms with van der Waals surface area (Å²) in [5.74, 6) is 0. The molecule has 1 N–H and O–H groups in total. The molecule has 0 aliphatic rings. The van der Waals surface area contributed by atoms with Gasteiger partial charge in [-0.25, -0.2) is 8.42 Å². The summed E-state index contributed by atoms with van der Waals surface area (Å²) in [6.07, 6.45) is 1.42. The Morgan fingerprint density at radius 1 is 0.966 bits per heavy atom. The number of aromatic nitrogens is 1. The van der Waals surface area contributed by atoms with Crippen LogP contribution in [-0.2, 0) is 16.4 Å². The highest BCUT2D eigenvalue weighted by molar-refractivity contribution is 7.91. The van der Waals surface area contributed by atoms with Gasteiger partial charge in [0.1, 0.15) is 4.90 Å². The Morgan fingerprint density at radius 2 is 1.69 bits per heavy atom. The number of fused-ring (bicyclic) bond motifs is 1. The first-order valence-corrected chi connectivity index (χ1v) is 11.0. The minimum absolute atomic E-state index is 0.132. The fourth-order valence-corrected chi connectivity index (χ4v) is 4.73. The van der Waals surface area contributed by atoms with Gasteiger partial charge in [-0.1, -0.05) is 59.6 Å². The van der Waals surface area contributed by atoms with E-state index in [0.717, 1.165) is 11.1 Å². The summed E-state index contributed by atoms with van der Waals surface area (Å²) in [4.78, 5) is 4.73. The number of hydrogen-bond donors (Lipinski definition) is 1. The van der Waals surface area contributed by atoms with E-state index in [9.17, 15) is 8.42 Å². The molecule has 0 saturated heterocycles. The largest absolute Gasteiger partial charge is 0.379 e. The Kier molecular flexibility index (Phi) is 5.26. The summed E-state index contributed by atoms with van der Waals surface area (Å²) in [7, 11) is -3.76. The van der Waals surface area contributed by atoms with E-state index in [1.807, 2.05) is 37.3 Å². The quantitative estimate of drug-likeness (QED) is 0.452. The van der Waals surface area contributed by atoms with Crippen LogP contribution in [0.15, 0.2) is 88.8 Å². The van der Waals surface area contributed by atoms with Gasteiger partial charge in [0.15, 0.2) is 0 Å². The van der Waals surface area contributed by atoms with Crippen molar-refractivity contribution in [3.63, 3.8) is 0 Å². The van der Waals surface area contributed by atoms with E-state index in [-0.39, 0.29) is 9.79 Å². The Bertz CT molecular complexity index is 1270. The van der Waals surface area contributed by atoms with Crippen molar-refractivity contribution in [3.8, 4) is 0 Å². The molecule has 3 aromatic carbocycles. The first kappa shape index (κ1) is 19.4. The zero-order valence-corrected chi connectivity index (χ0v) is 17.3. The Balaban J connectivity index is 1.87.